The van der Waals surface area contributed by atoms with Gasteiger partial charge in [0, 0.05) is 39.4 Å². The van der Waals surface area contributed by atoms with Crippen LogP contribution in [0.2, 0.25) is 0 Å². The predicted molar refractivity (Wildman–Crippen MR) is 94.3 cm³/mol. The first kappa shape index (κ1) is 17.4. The summed E-state index contributed by atoms with van der Waals surface area (Å²) in [6, 6.07) is 2.72. The highest BCUT2D eigenvalue weighted by Crippen LogP contribution is 2.29. The van der Waals surface area contributed by atoms with Crippen molar-refractivity contribution in [2.45, 2.75) is 45.2 Å². The number of nitrogens with one attached hydrogen (secondary N) is 1. The smallest absolute Gasteiger partial charge is 0.0594 e. The fourth-order valence-corrected chi connectivity index (χ4v) is 4.68. The second-order valence-electron chi connectivity index (χ2n) is 5.86. The van der Waals surface area contributed by atoms with Gasteiger partial charge in [0.2, 0.25) is 0 Å². The summed E-state index contributed by atoms with van der Waals surface area (Å²) in [7, 11) is 0. The number of thiophene rings is 1. The molecule has 2 atom stereocenters. The lowest BCUT2D eigenvalue weighted by molar-refractivity contribution is -0.0319. The third-order valence-electron chi connectivity index (χ3n) is 4.68. The first-order valence-corrected chi connectivity index (χ1v) is 9.56. The van der Waals surface area contributed by atoms with E-state index in [1.807, 2.05) is 11.3 Å². The molecular weight excluding hydrogens is 348 g/mol. The largest absolute Gasteiger partial charge is 0.379 e. The Morgan fingerprint density at radius 3 is 2.67 bits per heavy atom. The molecule has 2 heterocycles. The van der Waals surface area contributed by atoms with E-state index in [0.29, 0.717) is 6.04 Å². The highest BCUT2D eigenvalue weighted by atomic mass is 79.9. The number of hydrogen-bond acceptors (Lipinski definition) is 4. The number of halogens is 1. The summed E-state index contributed by atoms with van der Waals surface area (Å²) >= 11 is 5.42. The maximum absolute atomic E-state index is 5.53. The van der Waals surface area contributed by atoms with Crippen molar-refractivity contribution < 1.29 is 4.74 Å². The van der Waals surface area contributed by atoms with Gasteiger partial charge in [0.25, 0.3) is 0 Å². The first-order valence-electron chi connectivity index (χ1n) is 7.89. The van der Waals surface area contributed by atoms with Crippen molar-refractivity contribution in [1.82, 2.24) is 10.2 Å². The number of morpholine rings is 1. The quantitative estimate of drug-likeness (QED) is 0.789. The van der Waals surface area contributed by atoms with Gasteiger partial charge in [0.15, 0.2) is 0 Å². The van der Waals surface area contributed by atoms with Crippen molar-refractivity contribution in [3.63, 3.8) is 0 Å². The minimum atomic E-state index is 0.177. The number of ether oxygens (including phenoxy) is 1. The van der Waals surface area contributed by atoms with Crippen LogP contribution in [-0.2, 0) is 11.2 Å². The molecule has 2 rings (SSSR count). The Labute approximate surface area is 141 Å². The van der Waals surface area contributed by atoms with Gasteiger partial charge in [-0.05, 0) is 48.3 Å². The second-order valence-corrected chi connectivity index (χ2v) is 7.77. The van der Waals surface area contributed by atoms with Crippen molar-refractivity contribution in [3.05, 3.63) is 20.8 Å². The molecule has 0 radical (unpaired) electrons. The minimum Gasteiger partial charge on any atom is -0.379 e. The topological polar surface area (TPSA) is 24.5 Å². The van der Waals surface area contributed by atoms with Crippen molar-refractivity contribution in [2.24, 2.45) is 0 Å². The fraction of sp³-hybridized carbons (Fsp3) is 0.750. The maximum Gasteiger partial charge on any atom is 0.0594 e. The Kier molecular flexibility index (Phi) is 6.69. The molecule has 2 unspecified atom stereocenters. The molecule has 1 aliphatic heterocycles. The van der Waals surface area contributed by atoms with Crippen LogP contribution in [0.25, 0.3) is 0 Å². The van der Waals surface area contributed by atoms with Crippen LogP contribution < -0.4 is 5.32 Å². The van der Waals surface area contributed by atoms with Crippen LogP contribution in [0.1, 0.15) is 32.1 Å². The summed E-state index contributed by atoms with van der Waals surface area (Å²) in [4.78, 5) is 4.06. The first-order chi connectivity index (χ1) is 10.1. The molecule has 0 saturated carbocycles. The highest BCUT2D eigenvalue weighted by Gasteiger charge is 2.38. The van der Waals surface area contributed by atoms with Gasteiger partial charge < -0.3 is 10.1 Å². The number of nitrogens with zero attached hydrogens (tertiary/aromatic N) is 1. The van der Waals surface area contributed by atoms with E-state index >= 15 is 0 Å². The molecule has 1 saturated heterocycles. The zero-order valence-corrected chi connectivity index (χ0v) is 15.7. The van der Waals surface area contributed by atoms with Crippen LogP contribution in [0.4, 0.5) is 0 Å². The molecule has 1 aromatic heterocycles. The summed E-state index contributed by atoms with van der Waals surface area (Å²) in [6.07, 6.45) is 2.24. The predicted octanol–water partition coefficient (Wildman–Crippen LogP) is 3.53. The van der Waals surface area contributed by atoms with E-state index < -0.39 is 0 Å². The minimum absolute atomic E-state index is 0.177. The van der Waals surface area contributed by atoms with Crippen molar-refractivity contribution in [1.29, 1.82) is 0 Å². The van der Waals surface area contributed by atoms with Crippen LogP contribution in [0.3, 0.4) is 0 Å². The van der Waals surface area contributed by atoms with Gasteiger partial charge in [0.05, 0.1) is 13.2 Å². The fourth-order valence-electron chi connectivity index (χ4n) is 3.18. The Bertz CT molecular complexity index is 434. The monoisotopic (exact) mass is 374 g/mol. The SMILES string of the molecule is CCNC(Cc1cc(Br)cs1)C(C)(CC)N1CCOCC1. The van der Waals surface area contributed by atoms with Crippen molar-refractivity contribution >= 4 is 27.3 Å². The molecule has 1 aromatic rings. The van der Waals surface area contributed by atoms with E-state index in [-0.39, 0.29) is 5.54 Å². The molecule has 1 aliphatic rings. The normalized spacial score (nSPS) is 21.1. The molecule has 3 nitrogen and oxygen atoms in total. The van der Waals surface area contributed by atoms with Gasteiger partial charge >= 0.3 is 0 Å². The van der Waals surface area contributed by atoms with Crippen LogP contribution >= 0.6 is 27.3 Å². The third kappa shape index (κ3) is 4.29. The molecule has 0 aromatic carbocycles. The molecule has 0 aliphatic carbocycles. The molecule has 120 valence electrons. The van der Waals surface area contributed by atoms with E-state index in [0.717, 1.165) is 45.7 Å². The number of rotatable bonds is 7. The van der Waals surface area contributed by atoms with Crippen LogP contribution in [0, 0.1) is 0 Å². The number of likely N-dealkylation sites (N-methyl/N-ethyl adjacent to an activating group) is 1. The van der Waals surface area contributed by atoms with Crippen molar-refractivity contribution in [2.75, 3.05) is 32.8 Å². The summed E-state index contributed by atoms with van der Waals surface area (Å²) in [5, 5.41) is 5.91. The molecule has 1 fully saturated rings. The van der Waals surface area contributed by atoms with Gasteiger partial charge in [-0.25, -0.2) is 0 Å². The Balaban J connectivity index is 2.15. The lowest BCUT2D eigenvalue weighted by Gasteiger charge is -2.48. The van der Waals surface area contributed by atoms with Crippen LogP contribution in [-0.4, -0.2) is 49.3 Å². The maximum atomic E-state index is 5.53. The van der Waals surface area contributed by atoms with E-state index in [1.165, 1.54) is 9.35 Å². The van der Waals surface area contributed by atoms with Gasteiger partial charge in [-0.15, -0.1) is 11.3 Å². The average molecular weight is 375 g/mol. The highest BCUT2D eigenvalue weighted by molar-refractivity contribution is 9.10. The van der Waals surface area contributed by atoms with Crippen molar-refractivity contribution in [3.8, 4) is 0 Å². The summed E-state index contributed by atoms with van der Waals surface area (Å²) in [6.45, 7) is 11.7. The molecule has 21 heavy (non-hydrogen) atoms. The lowest BCUT2D eigenvalue weighted by atomic mass is 9.84. The summed E-state index contributed by atoms with van der Waals surface area (Å²) < 4.78 is 6.73. The van der Waals surface area contributed by atoms with E-state index in [4.69, 9.17) is 4.74 Å². The molecule has 0 bridgehead atoms. The molecule has 1 N–H and O–H groups in total. The van der Waals surface area contributed by atoms with Gasteiger partial charge in [-0.3, -0.25) is 4.90 Å². The lowest BCUT2D eigenvalue weighted by Crippen LogP contribution is -2.62. The van der Waals surface area contributed by atoms with Gasteiger partial charge in [0.1, 0.15) is 0 Å². The Morgan fingerprint density at radius 1 is 1.43 bits per heavy atom. The molecular formula is C16H27BrN2OS. The van der Waals surface area contributed by atoms with Gasteiger partial charge in [-0.1, -0.05) is 13.8 Å². The van der Waals surface area contributed by atoms with Crippen LogP contribution in [0.15, 0.2) is 15.9 Å². The van der Waals surface area contributed by atoms with E-state index in [2.05, 4.69) is 58.4 Å². The summed E-state index contributed by atoms with van der Waals surface area (Å²) in [5.74, 6) is 0. The number of hydrogen-bond donors (Lipinski definition) is 1. The zero-order valence-electron chi connectivity index (χ0n) is 13.3. The standard InChI is InChI=1S/C16H27BrN2OS/c1-4-16(3,19-6-8-20-9-7-19)15(18-5-2)11-14-10-13(17)12-21-14/h10,12,15,18H,4-9,11H2,1-3H3. The zero-order chi connectivity index (χ0) is 15.3. The van der Waals surface area contributed by atoms with Crippen LogP contribution in [0.5, 0.6) is 0 Å². The third-order valence-corrected chi connectivity index (χ3v) is 6.40. The van der Waals surface area contributed by atoms with E-state index in [1.54, 1.807) is 0 Å². The summed E-state index contributed by atoms with van der Waals surface area (Å²) in [5.41, 5.74) is 0.177. The molecule has 0 spiro atoms. The van der Waals surface area contributed by atoms with E-state index in [9.17, 15) is 0 Å². The Morgan fingerprint density at radius 2 is 2.14 bits per heavy atom. The second kappa shape index (κ2) is 8.06. The average Bonchev–Trinajstić information content (AvgIpc) is 2.92. The molecule has 0 amide bonds. The van der Waals surface area contributed by atoms with Gasteiger partial charge in [-0.2, -0.15) is 0 Å². The molecule has 5 heteroatoms. The Hall–Kier alpha value is 0.0600.